The minimum atomic E-state index is -0.806. The summed E-state index contributed by atoms with van der Waals surface area (Å²) in [5.74, 6) is -0.865. The van der Waals surface area contributed by atoms with Crippen molar-refractivity contribution in [3.05, 3.63) is 23.5 Å². The van der Waals surface area contributed by atoms with Gasteiger partial charge in [-0.3, -0.25) is 9.59 Å². The zero-order valence-corrected chi connectivity index (χ0v) is 14.9. The van der Waals surface area contributed by atoms with Gasteiger partial charge in [0, 0.05) is 18.2 Å². The number of hydrogen-bond donors (Lipinski definition) is 2. The van der Waals surface area contributed by atoms with Crippen molar-refractivity contribution in [3.63, 3.8) is 0 Å². The Labute approximate surface area is 152 Å². The van der Waals surface area contributed by atoms with Gasteiger partial charge in [0.05, 0.1) is 23.7 Å². The highest BCUT2D eigenvalue weighted by Gasteiger charge is 2.40. The molecule has 0 radical (unpaired) electrons. The van der Waals surface area contributed by atoms with Gasteiger partial charge < -0.3 is 10.4 Å². The standard InChI is InChI=1S/C19H26N4O3/c24-18(8-12-4-2-1-3-5-12)20-15-9-14(19(25)26)10-17(15)23-11-16(21-22-23)13-6-7-13/h8,11,13-15,17H,1-7,9-10H2,(H,20,24)(H,25,26)/t14?,15-,17+/m1/s1. The van der Waals surface area contributed by atoms with Crippen molar-refractivity contribution >= 4 is 11.9 Å². The molecule has 1 aromatic heterocycles. The topological polar surface area (TPSA) is 97.1 Å². The lowest BCUT2D eigenvalue weighted by atomic mass is 9.94. The highest BCUT2D eigenvalue weighted by molar-refractivity contribution is 5.88. The Bertz CT molecular complexity index is 714. The molecule has 3 atom stereocenters. The molecule has 0 bridgehead atoms. The first kappa shape index (κ1) is 17.2. The molecule has 3 aliphatic carbocycles. The van der Waals surface area contributed by atoms with Crippen LogP contribution >= 0.6 is 0 Å². The lowest BCUT2D eigenvalue weighted by Crippen LogP contribution is -2.38. The van der Waals surface area contributed by atoms with E-state index in [-0.39, 0.29) is 18.0 Å². The molecule has 1 amide bonds. The van der Waals surface area contributed by atoms with E-state index < -0.39 is 11.9 Å². The second-order valence-electron chi connectivity index (χ2n) is 7.95. The first-order valence-electron chi connectivity index (χ1n) is 9.74. The minimum absolute atomic E-state index is 0.106. The Morgan fingerprint density at radius 2 is 1.96 bits per heavy atom. The van der Waals surface area contributed by atoms with Crippen molar-refractivity contribution in [1.29, 1.82) is 0 Å². The third kappa shape index (κ3) is 3.81. The van der Waals surface area contributed by atoms with Crippen molar-refractivity contribution in [2.24, 2.45) is 5.92 Å². The minimum Gasteiger partial charge on any atom is -0.481 e. The molecule has 26 heavy (non-hydrogen) atoms. The fourth-order valence-corrected chi connectivity index (χ4v) is 4.24. The van der Waals surface area contributed by atoms with Crippen LogP contribution in [-0.4, -0.2) is 38.0 Å². The van der Waals surface area contributed by atoms with E-state index in [0.717, 1.165) is 44.2 Å². The maximum absolute atomic E-state index is 12.5. The maximum Gasteiger partial charge on any atom is 0.306 e. The van der Waals surface area contributed by atoms with Gasteiger partial charge >= 0.3 is 5.97 Å². The van der Waals surface area contributed by atoms with E-state index in [4.69, 9.17) is 0 Å². The van der Waals surface area contributed by atoms with E-state index >= 15 is 0 Å². The largest absolute Gasteiger partial charge is 0.481 e. The molecule has 0 aromatic carbocycles. The monoisotopic (exact) mass is 358 g/mol. The summed E-state index contributed by atoms with van der Waals surface area (Å²) < 4.78 is 1.77. The summed E-state index contributed by atoms with van der Waals surface area (Å²) in [4.78, 5) is 23.9. The molecule has 1 aromatic rings. The number of allylic oxidation sites excluding steroid dienone is 1. The van der Waals surface area contributed by atoms with Crippen molar-refractivity contribution in [3.8, 4) is 0 Å². The third-order valence-corrected chi connectivity index (χ3v) is 5.90. The number of carbonyl (C=O) groups is 2. The summed E-state index contributed by atoms with van der Waals surface area (Å²) in [5.41, 5.74) is 2.19. The van der Waals surface area contributed by atoms with Gasteiger partial charge in [-0.25, -0.2) is 4.68 Å². The molecule has 1 heterocycles. The molecule has 3 aliphatic rings. The summed E-state index contributed by atoms with van der Waals surface area (Å²) in [5, 5.41) is 20.9. The summed E-state index contributed by atoms with van der Waals surface area (Å²) >= 11 is 0. The summed E-state index contributed by atoms with van der Waals surface area (Å²) in [6, 6.07) is -0.373. The van der Waals surface area contributed by atoms with Crippen LogP contribution in [0, 0.1) is 5.92 Å². The fraction of sp³-hybridized carbons (Fsp3) is 0.684. The number of aliphatic carboxylic acids is 1. The van der Waals surface area contributed by atoms with Crippen molar-refractivity contribution < 1.29 is 14.7 Å². The number of carboxylic acids is 1. The molecule has 3 saturated carbocycles. The summed E-state index contributed by atoms with van der Waals surface area (Å²) in [6.07, 6.45) is 12.4. The summed E-state index contributed by atoms with van der Waals surface area (Å²) in [7, 11) is 0. The van der Waals surface area contributed by atoms with Gasteiger partial charge in [0.15, 0.2) is 0 Å². The molecule has 7 nitrogen and oxygen atoms in total. The Morgan fingerprint density at radius 3 is 2.65 bits per heavy atom. The zero-order valence-electron chi connectivity index (χ0n) is 14.9. The smallest absolute Gasteiger partial charge is 0.306 e. The van der Waals surface area contributed by atoms with E-state index in [2.05, 4.69) is 15.6 Å². The number of aromatic nitrogens is 3. The number of rotatable bonds is 5. The number of carboxylic acid groups (broad SMARTS) is 1. The number of hydrogen-bond acceptors (Lipinski definition) is 4. The van der Waals surface area contributed by atoms with Crippen LogP contribution in [0.4, 0.5) is 0 Å². The Balaban J connectivity index is 1.47. The molecule has 4 rings (SSSR count). The molecule has 0 aliphatic heterocycles. The average Bonchev–Trinajstić information content (AvgIpc) is 3.20. The van der Waals surface area contributed by atoms with Crippen LogP contribution < -0.4 is 5.32 Å². The van der Waals surface area contributed by atoms with Crippen LogP contribution in [0.5, 0.6) is 0 Å². The first-order valence-corrected chi connectivity index (χ1v) is 9.74. The lowest BCUT2D eigenvalue weighted by Gasteiger charge is -2.20. The average molecular weight is 358 g/mol. The summed E-state index contributed by atoms with van der Waals surface area (Å²) in [6.45, 7) is 0. The highest BCUT2D eigenvalue weighted by Crippen LogP contribution is 2.40. The van der Waals surface area contributed by atoms with Crippen LogP contribution in [0.3, 0.4) is 0 Å². The molecule has 2 N–H and O–H groups in total. The van der Waals surface area contributed by atoms with Gasteiger partial charge in [-0.05, 0) is 51.4 Å². The number of carbonyl (C=O) groups excluding carboxylic acids is 1. The van der Waals surface area contributed by atoms with Gasteiger partial charge in [0.2, 0.25) is 5.91 Å². The lowest BCUT2D eigenvalue weighted by molar-refractivity contribution is -0.141. The Hall–Kier alpha value is -2.18. The molecule has 1 unspecified atom stereocenters. The molecular formula is C19H26N4O3. The quantitative estimate of drug-likeness (QED) is 0.789. The van der Waals surface area contributed by atoms with E-state index in [1.807, 2.05) is 6.20 Å². The van der Waals surface area contributed by atoms with Gasteiger partial charge in [-0.15, -0.1) is 5.10 Å². The zero-order chi connectivity index (χ0) is 18.1. The SMILES string of the molecule is O=C(C=C1CCCCC1)N[C@@H]1CC(C(=O)O)C[C@@H]1n1cc(C2CC2)nn1. The van der Waals surface area contributed by atoms with Gasteiger partial charge in [-0.2, -0.15) is 0 Å². The highest BCUT2D eigenvalue weighted by atomic mass is 16.4. The van der Waals surface area contributed by atoms with E-state index in [1.165, 1.54) is 12.0 Å². The molecular weight excluding hydrogens is 332 g/mol. The van der Waals surface area contributed by atoms with E-state index in [1.54, 1.807) is 10.8 Å². The Morgan fingerprint density at radius 1 is 1.19 bits per heavy atom. The van der Waals surface area contributed by atoms with E-state index in [0.29, 0.717) is 18.8 Å². The van der Waals surface area contributed by atoms with Gasteiger partial charge in [0.25, 0.3) is 0 Å². The molecule has 0 spiro atoms. The van der Waals surface area contributed by atoms with Crippen LogP contribution in [0.15, 0.2) is 17.8 Å². The fourth-order valence-electron chi connectivity index (χ4n) is 4.24. The molecule has 140 valence electrons. The number of amides is 1. The second-order valence-corrected chi connectivity index (χ2v) is 7.95. The number of nitrogens with one attached hydrogen (secondary N) is 1. The number of nitrogens with zero attached hydrogens (tertiary/aromatic N) is 3. The normalized spacial score (nSPS) is 28.8. The molecule has 0 saturated heterocycles. The van der Waals surface area contributed by atoms with Gasteiger partial charge in [0.1, 0.15) is 0 Å². The Kier molecular flexibility index (Phi) is 4.78. The predicted molar refractivity (Wildman–Crippen MR) is 94.5 cm³/mol. The van der Waals surface area contributed by atoms with Crippen LogP contribution in [0.1, 0.15) is 75.4 Å². The predicted octanol–water partition coefficient (Wildman–Crippen LogP) is 2.57. The van der Waals surface area contributed by atoms with Crippen molar-refractivity contribution in [1.82, 2.24) is 20.3 Å². The van der Waals surface area contributed by atoms with Crippen LogP contribution in [-0.2, 0) is 9.59 Å². The maximum atomic E-state index is 12.5. The molecule has 3 fully saturated rings. The van der Waals surface area contributed by atoms with Crippen LogP contribution in [0.2, 0.25) is 0 Å². The molecule has 7 heteroatoms. The first-order chi connectivity index (χ1) is 12.6. The van der Waals surface area contributed by atoms with Crippen molar-refractivity contribution in [2.75, 3.05) is 0 Å². The van der Waals surface area contributed by atoms with Crippen LogP contribution in [0.25, 0.3) is 0 Å². The van der Waals surface area contributed by atoms with Crippen molar-refractivity contribution in [2.45, 2.75) is 75.8 Å². The van der Waals surface area contributed by atoms with Gasteiger partial charge in [-0.1, -0.05) is 17.2 Å². The van der Waals surface area contributed by atoms with E-state index in [9.17, 15) is 14.7 Å². The third-order valence-electron chi connectivity index (χ3n) is 5.90. The second kappa shape index (κ2) is 7.21.